The van der Waals surface area contributed by atoms with E-state index in [4.69, 9.17) is 11.6 Å². The molecule has 0 saturated carbocycles. The number of rotatable bonds is 2. The number of nitro benzene ring substituents is 1. The maximum absolute atomic E-state index is 12.3. The molecule has 0 spiro atoms. The molecule has 0 aliphatic heterocycles. The standard InChI is InChI=1S/C15H10ClN3O3S/c1-18-11-4-2-3-5-13(11)23-15(18)17-14(20)9-6-7-10(16)12(8-9)19(21)22/h2-8H,1H3. The van der Waals surface area contributed by atoms with Crippen molar-refractivity contribution in [3.8, 4) is 0 Å². The molecule has 0 atom stereocenters. The van der Waals surface area contributed by atoms with Gasteiger partial charge in [0.2, 0.25) is 0 Å². The van der Waals surface area contributed by atoms with Crippen LogP contribution in [-0.4, -0.2) is 15.4 Å². The zero-order chi connectivity index (χ0) is 16.6. The van der Waals surface area contributed by atoms with E-state index >= 15 is 0 Å². The van der Waals surface area contributed by atoms with Gasteiger partial charge in [0, 0.05) is 18.7 Å². The van der Waals surface area contributed by atoms with Gasteiger partial charge in [0.25, 0.3) is 11.6 Å². The fourth-order valence-corrected chi connectivity index (χ4v) is 3.33. The number of para-hydroxylation sites is 1. The van der Waals surface area contributed by atoms with Gasteiger partial charge in [0.05, 0.1) is 15.1 Å². The number of aryl methyl sites for hydroxylation is 1. The minimum Gasteiger partial charge on any atom is -0.319 e. The third kappa shape index (κ3) is 2.88. The molecule has 0 radical (unpaired) electrons. The average Bonchev–Trinajstić information content (AvgIpc) is 2.84. The van der Waals surface area contributed by atoms with Crippen LogP contribution < -0.4 is 4.80 Å². The third-order valence-corrected chi connectivity index (χ3v) is 4.73. The highest BCUT2D eigenvalue weighted by Gasteiger charge is 2.16. The van der Waals surface area contributed by atoms with Crippen LogP contribution in [0.15, 0.2) is 47.5 Å². The minimum atomic E-state index is -0.626. The summed E-state index contributed by atoms with van der Waals surface area (Å²) >= 11 is 7.13. The number of hydrogen-bond acceptors (Lipinski definition) is 4. The zero-order valence-electron chi connectivity index (χ0n) is 11.9. The van der Waals surface area contributed by atoms with Crippen LogP contribution in [0.5, 0.6) is 0 Å². The fourth-order valence-electron chi connectivity index (χ4n) is 2.13. The van der Waals surface area contributed by atoms with Gasteiger partial charge in [-0.3, -0.25) is 14.9 Å². The second kappa shape index (κ2) is 5.94. The van der Waals surface area contributed by atoms with Crippen molar-refractivity contribution in [2.75, 3.05) is 0 Å². The molecule has 0 fully saturated rings. The van der Waals surface area contributed by atoms with Gasteiger partial charge in [0.1, 0.15) is 5.02 Å². The van der Waals surface area contributed by atoms with Crippen molar-refractivity contribution in [1.29, 1.82) is 0 Å². The SMILES string of the molecule is Cn1c(=NC(=O)c2ccc(Cl)c([N+](=O)[O-])c2)sc2ccccc21. The molecule has 3 rings (SSSR count). The molecule has 1 aromatic heterocycles. The van der Waals surface area contributed by atoms with E-state index in [0.717, 1.165) is 16.3 Å². The summed E-state index contributed by atoms with van der Waals surface area (Å²) in [5.41, 5.74) is 0.776. The summed E-state index contributed by atoms with van der Waals surface area (Å²) in [6.45, 7) is 0. The lowest BCUT2D eigenvalue weighted by Gasteiger charge is -1.98. The monoisotopic (exact) mass is 347 g/mol. The van der Waals surface area contributed by atoms with E-state index in [1.165, 1.54) is 23.5 Å². The molecule has 0 aliphatic carbocycles. The van der Waals surface area contributed by atoms with Crippen molar-refractivity contribution in [3.05, 3.63) is 68.0 Å². The van der Waals surface area contributed by atoms with Gasteiger partial charge in [-0.05, 0) is 24.3 Å². The van der Waals surface area contributed by atoms with E-state index in [9.17, 15) is 14.9 Å². The maximum Gasteiger partial charge on any atom is 0.288 e. The van der Waals surface area contributed by atoms with Crippen molar-refractivity contribution >= 4 is 44.7 Å². The lowest BCUT2D eigenvalue weighted by molar-refractivity contribution is -0.384. The number of nitro groups is 1. The summed E-state index contributed by atoms with van der Waals surface area (Å²) in [4.78, 5) is 27.2. The Labute approximate surface area is 139 Å². The van der Waals surface area contributed by atoms with Crippen molar-refractivity contribution < 1.29 is 9.72 Å². The van der Waals surface area contributed by atoms with Crippen LogP contribution in [0.2, 0.25) is 5.02 Å². The summed E-state index contributed by atoms with van der Waals surface area (Å²) < 4.78 is 2.81. The van der Waals surface area contributed by atoms with Gasteiger partial charge in [-0.1, -0.05) is 35.1 Å². The number of amides is 1. The van der Waals surface area contributed by atoms with Crippen LogP contribution in [0.25, 0.3) is 10.2 Å². The molecule has 1 amide bonds. The lowest BCUT2D eigenvalue weighted by Crippen LogP contribution is -2.13. The normalized spacial score (nSPS) is 11.8. The number of nitrogens with zero attached hydrogens (tertiary/aromatic N) is 3. The number of aromatic nitrogens is 1. The number of fused-ring (bicyclic) bond motifs is 1. The van der Waals surface area contributed by atoms with Crippen LogP contribution >= 0.6 is 22.9 Å². The van der Waals surface area contributed by atoms with Crippen LogP contribution in [0.1, 0.15) is 10.4 Å². The fraction of sp³-hybridized carbons (Fsp3) is 0.0667. The predicted octanol–water partition coefficient (Wildman–Crippen LogP) is 3.54. The molecule has 23 heavy (non-hydrogen) atoms. The van der Waals surface area contributed by atoms with Crippen molar-refractivity contribution in [3.63, 3.8) is 0 Å². The Morgan fingerprint density at radius 2 is 2.04 bits per heavy atom. The number of carbonyl (C=O) groups is 1. The zero-order valence-corrected chi connectivity index (χ0v) is 13.5. The first-order valence-corrected chi connectivity index (χ1v) is 7.74. The Morgan fingerprint density at radius 1 is 1.30 bits per heavy atom. The molecular weight excluding hydrogens is 338 g/mol. The number of benzene rings is 2. The van der Waals surface area contributed by atoms with Gasteiger partial charge in [0.15, 0.2) is 4.80 Å². The molecule has 0 unspecified atom stereocenters. The van der Waals surface area contributed by atoms with Gasteiger partial charge >= 0.3 is 0 Å². The highest BCUT2D eigenvalue weighted by atomic mass is 35.5. The van der Waals surface area contributed by atoms with Crippen molar-refractivity contribution in [2.45, 2.75) is 0 Å². The molecule has 116 valence electrons. The Kier molecular flexibility index (Phi) is 3.97. The largest absolute Gasteiger partial charge is 0.319 e. The summed E-state index contributed by atoms with van der Waals surface area (Å²) in [5, 5.41) is 10.9. The minimum absolute atomic E-state index is 0.0148. The molecule has 1 heterocycles. The highest BCUT2D eigenvalue weighted by molar-refractivity contribution is 7.16. The van der Waals surface area contributed by atoms with E-state index in [1.807, 2.05) is 35.9 Å². The first-order chi connectivity index (χ1) is 11.0. The lowest BCUT2D eigenvalue weighted by atomic mass is 10.2. The summed E-state index contributed by atoms with van der Waals surface area (Å²) in [5.74, 6) is -0.549. The molecule has 6 nitrogen and oxygen atoms in total. The molecule has 0 saturated heterocycles. The molecule has 0 bridgehead atoms. The maximum atomic E-state index is 12.3. The number of carbonyl (C=O) groups excluding carboxylic acids is 1. The quantitative estimate of drug-likeness (QED) is 0.525. The second-order valence-electron chi connectivity index (χ2n) is 4.75. The molecule has 8 heteroatoms. The molecule has 0 aliphatic rings. The Bertz CT molecular complexity index is 1010. The van der Waals surface area contributed by atoms with E-state index in [-0.39, 0.29) is 16.3 Å². The van der Waals surface area contributed by atoms with Gasteiger partial charge < -0.3 is 4.57 Å². The topological polar surface area (TPSA) is 77.5 Å². The summed E-state index contributed by atoms with van der Waals surface area (Å²) in [6, 6.07) is 11.6. The van der Waals surface area contributed by atoms with Gasteiger partial charge in [-0.15, -0.1) is 0 Å². The molecular formula is C15H10ClN3O3S. The Morgan fingerprint density at radius 3 is 2.74 bits per heavy atom. The average molecular weight is 348 g/mol. The van der Waals surface area contributed by atoms with E-state index in [1.54, 1.807) is 0 Å². The Balaban J connectivity index is 2.08. The number of thiazole rings is 1. The molecule has 0 N–H and O–H groups in total. The van der Waals surface area contributed by atoms with E-state index in [0.29, 0.717) is 4.80 Å². The highest BCUT2D eigenvalue weighted by Crippen LogP contribution is 2.25. The van der Waals surface area contributed by atoms with E-state index in [2.05, 4.69) is 4.99 Å². The molecule has 2 aromatic carbocycles. The number of hydrogen-bond donors (Lipinski definition) is 0. The van der Waals surface area contributed by atoms with Gasteiger partial charge in [-0.2, -0.15) is 4.99 Å². The predicted molar refractivity (Wildman–Crippen MR) is 88.8 cm³/mol. The Hall–Kier alpha value is -2.51. The van der Waals surface area contributed by atoms with E-state index < -0.39 is 10.8 Å². The molecule has 3 aromatic rings. The van der Waals surface area contributed by atoms with Crippen LogP contribution in [0, 0.1) is 10.1 Å². The van der Waals surface area contributed by atoms with Crippen LogP contribution in [-0.2, 0) is 7.05 Å². The third-order valence-electron chi connectivity index (χ3n) is 3.30. The van der Waals surface area contributed by atoms with Crippen molar-refractivity contribution in [2.24, 2.45) is 12.0 Å². The first-order valence-electron chi connectivity index (χ1n) is 6.55. The smallest absolute Gasteiger partial charge is 0.288 e. The summed E-state index contributed by atoms with van der Waals surface area (Å²) in [7, 11) is 1.81. The number of halogens is 1. The van der Waals surface area contributed by atoms with Crippen molar-refractivity contribution in [1.82, 2.24) is 4.57 Å². The van der Waals surface area contributed by atoms with Gasteiger partial charge in [-0.25, -0.2) is 0 Å². The second-order valence-corrected chi connectivity index (χ2v) is 6.17. The van der Waals surface area contributed by atoms with Crippen LogP contribution in [0.3, 0.4) is 0 Å². The first kappa shape index (κ1) is 15.4. The van der Waals surface area contributed by atoms with Crippen LogP contribution in [0.4, 0.5) is 5.69 Å². The summed E-state index contributed by atoms with van der Waals surface area (Å²) in [6.07, 6.45) is 0.